The molecule has 1 fully saturated rings. The maximum Gasteiger partial charge on any atom is 0.308 e. The zero-order valence-corrected chi connectivity index (χ0v) is 7.61. The standard InChI is InChI=1S/C8H13NO4/c1-4(10)8-6(9-5(2)11)3-7(12)13-8/h4,6,8,10H,3H2,1-2H3,(H,9,11)/t4-,6-,8+/m1/s1. The van der Waals surface area contributed by atoms with Gasteiger partial charge in [-0.15, -0.1) is 0 Å². The SMILES string of the molecule is CC(=O)N[C@@H]1CC(=O)O[C@H]1[C@@H](C)O. The minimum Gasteiger partial charge on any atom is -0.457 e. The van der Waals surface area contributed by atoms with Crippen molar-refractivity contribution in [3.63, 3.8) is 0 Å². The highest BCUT2D eigenvalue weighted by Gasteiger charge is 2.38. The lowest BCUT2D eigenvalue weighted by molar-refractivity contribution is -0.145. The number of hydrogen-bond donors (Lipinski definition) is 2. The molecule has 0 aromatic carbocycles. The number of aliphatic hydroxyl groups is 1. The third-order valence-electron chi connectivity index (χ3n) is 1.91. The van der Waals surface area contributed by atoms with Gasteiger partial charge in [-0.25, -0.2) is 0 Å². The van der Waals surface area contributed by atoms with Crippen LogP contribution < -0.4 is 5.32 Å². The van der Waals surface area contributed by atoms with Crippen molar-refractivity contribution in [2.24, 2.45) is 0 Å². The molecule has 0 aromatic rings. The Bertz CT molecular complexity index is 226. The van der Waals surface area contributed by atoms with Gasteiger partial charge in [0.05, 0.1) is 18.6 Å². The molecule has 74 valence electrons. The van der Waals surface area contributed by atoms with E-state index in [1.54, 1.807) is 0 Å². The lowest BCUT2D eigenvalue weighted by Gasteiger charge is -2.20. The molecular formula is C8H13NO4. The van der Waals surface area contributed by atoms with Crippen molar-refractivity contribution in [2.45, 2.75) is 38.5 Å². The summed E-state index contributed by atoms with van der Waals surface area (Å²) >= 11 is 0. The molecule has 1 aliphatic rings. The second-order valence-electron chi connectivity index (χ2n) is 3.21. The molecule has 0 aliphatic carbocycles. The van der Waals surface area contributed by atoms with Gasteiger partial charge in [0.2, 0.25) is 5.91 Å². The van der Waals surface area contributed by atoms with Gasteiger partial charge in [-0.1, -0.05) is 0 Å². The average Bonchev–Trinajstić information content (AvgIpc) is 2.29. The molecule has 13 heavy (non-hydrogen) atoms. The van der Waals surface area contributed by atoms with Gasteiger partial charge in [-0.05, 0) is 6.92 Å². The maximum atomic E-state index is 10.9. The zero-order chi connectivity index (χ0) is 10.0. The number of esters is 1. The minimum atomic E-state index is -0.761. The van der Waals surface area contributed by atoms with E-state index < -0.39 is 18.2 Å². The number of rotatable bonds is 2. The number of nitrogens with one attached hydrogen (secondary N) is 1. The van der Waals surface area contributed by atoms with Crippen LogP contribution in [0.3, 0.4) is 0 Å². The van der Waals surface area contributed by atoms with Crippen LogP contribution in [0, 0.1) is 0 Å². The molecule has 0 aromatic heterocycles. The molecule has 1 amide bonds. The summed E-state index contributed by atoms with van der Waals surface area (Å²) in [6, 6.07) is -0.398. The van der Waals surface area contributed by atoms with Crippen LogP contribution in [0.5, 0.6) is 0 Å². The summed E-state index contributed by atoms with van der Waals surface area (Å²) in [5.41, 5.74) is 0. The van der Waals surface area contributed by atoms with E-state index in [4.69, 9.17) is 4.74 Å². The molecule has 2 N–H and O–H groups in total. The number of ether oxygens (including phenoxy) is 1. The van der Waals surface area contributed by atoms with Crippen molar-refractivity contribution in [2.75, 3.05) is 0 Å². The Hall–Kier alpha value is -1.10. The second-order valence-corrected chi connectivity index (χ2v) is 3.21. The minimum absolute atomic E-state index is 0.134. The summed E-state index contributed by atoms with van der Waals surface area (Å²) in [6.07, 6.45) is -1.24. The van der Waals surface area contributed by atoms with Crippen LogP contribution in [0.4, 0.5) is 0 Å². The first-order chi connectivity index (χ1) is 6.00. The number of carbonyl (C=O) groups excluding carboxylic acids is 2. The molecule has 1 rings (SSSR count). The highest BCUT2D eigenvalue weighted by Crippen LogP contribution is 2.17. The fraction of sp³-hybridized carbons (Fsp3) is 0.750. The average molecular weight is 187 g/mol. The topological polar surface area (TPSA) is 75.6 Å². The Kier molecular flexibility index (Phi) is 2.87. The molecule has 3 atom stereocenters. The van der Waals surface area contributed by atoms with Crippen LogP contribution in [0.25, 0.3) is 0 Å². The van der Waals surface area contributed by atoms with Gasteiger partial charge in [0, 0.05) is 6.92 Å². The summed E-state index contributed by atoms with van der Waals surface area (Å²) in [6.45, 7) is 2.89. The lowest BCUT2D eigenvalue weighted by Crippen LogP contribution is -2.44. The largest absolute Gasteiger partial charge is 0.457 e. The monoisotopic (exact) mass is 187 g/mol. The Balaban J connectivity index is 2.60. The second kappa shape index (κ2) is 3.74. The quantitative estimate of drug-likeness (QED) is 0.554. The number of hydrogen-bond acceptors (Lipinski definition) is 4. The molecule has 0 saturated carbocycles. The van der Waals surface area contributed by atoms with Gasteiger partial charge in [0.25, 0.3) is 0 Å². The van der Waals surface area contributed by atoms with E-state index in [0.29, 0.717) is 0 Å². The predicted molar refractivity (Wildman–Crippen MR) is 43.8 cm³/mol. The van der Waals surface area contributed by atoms with Crippen molar-refractivity contribution in [1.82, 2.24) is 5.32 Å². The third kappa shape index (κ3) is 2.42. The molecule has 1 heterocycles. The summed E-state index contributed by atoms with van der Waals surface area (Å²) in [4.78, 5) is 21.6. The third-order valence-corrected chi connectivity index (χ3v) is 1.91. The molecule has 0 unspecified atom stereocenters. The Morgan fingerprint density at radius 3 is 2.85 bits per heavy atom. The van der Waals surface area contributed by atoms with E-state index in [9.17, 15) is 14.7 Å². The summed E-state index contributed by atoms with van der Waals surface area (Å²) < 4.78 is 4.83. The maximum absolute atomic E-state index is 10.9. The fourth-order valence-corrected chi connectivity index (χ4v) is 1.41. The molecule has 5 heteroatoms. The van der Waals surface area contributed by atoms with Crippen molar-refractivity contribution in [1.29, 1.82) is 0 Å². The highest BCUT2D eigenvalue weighted by molar-refractivity contribution is 5.77. The van der Waals surface area contributed by atoms with Crippen LogP contribution in [0.2, 0.25) is 0 Å². The number of cyclic esters (lactones) is 1. The van der Waals surface area contributed by atoms with E-state index in [2.05, 4.69) is 5.32 Å². The van der Waals surface area contributed by atoms with Gasteiger partial charge in [-0.3, -0.25) is 9.59 Å². The zero-order valence-electron chi connectivity index (χ0n) is 7.61. The molecular weight excluding hydrogens is 174 g/mol. The smallest absolute Gasteiger partial charge is 0.308 e. The van der Waals surface area contributed by atoms with Crippen molar-refractivity contribution >= 4 is 11.9 Å². The van der Waals surface area contributed by atoms with Gasteiger partial charge in [0.15, 0.2) is 0 Å². The van der Waals surface area contributed by atoms with E-state index >= 15 is 0 Å². The van der Waals surface area contributed by atoms with Crippen molar-refractivity contribution < 1.29 is 19.4 Å². The normalized spacial score (nSPS) is 29.6. The molecule has 1 aliphatic heterocycles. The van der Waals surface area contributed by atoms with E-state index in [-0.39, 0.29) is 18.3 Å². The van der Waals surface area contributed by atoms with Crippen LogP contribution in [-0.2, 0) is 14.3 Å². The Labute approximate surface area is 76.1 Å². The number of carbonyl (C=O) groups is 2. The van der Waals surface area contributed by atoms with Crippen LogP contribution >= 0.6 is 0 Å². The molecule has 5 nitrogen and oxygen atoms in total. The van der Waals surface area contributed by atoms with Gasteiger partial charge in [-0.2, -0.15) is 0 Å². The van der Waals surface area contributed by atoms with E-state index in [1.165, 1.54) is 13.8 Å². The Morgan fingerprint density at radius 1 is 1.77 bits per heavy atom. The lowest BCUT2D eigenvalue weighted by atomic mass is 10.1. The van der Waals surface area contributed by atoms with E-state index in [1.807, 2.05) is 0 Å². The first kappa shape index (κ1) is 9.98. The first-order valence-corrected chi connectivity index (χ1v) is 4.15. The van der Waals surface area contributed by atoms with Crippen LogP contribution in [0.15, 0.2) is 0 Å². The molecule has 0 bridgehead atoms. The summed E-state index contributed by atoms with van der Waals surface area (Å²) in [5.74, 6) is -0.612. The van der Waals surface area contributed by atoms with Crippen LogP contribution in [0.1, 0.15) is 20.3 Å². The van der Waals surface area contributed by atoms with Crippen LogP contribution in [-0.4, -0.2) is 35.2 Å². The van der Waals surface area contributed by atoms with Gasteiger partial charge < -0.3 is 15.2 Å². The van der Waals surface area contributed by atoms with Crippen molar-refractivity contribution in [3.8, 4) is 0 Å². The van der Waals surface area contributed by atoms with Gasteiger partial charge in [0.1, 0.15) is 6.10 Å². The predicted octanol–water partition coefficient (Wildman–Crippen LogP) is -0.813. The number of amides is 1. The molecule has 0 spiro atoms. The summed E-state index contributed by atoms with van der Waals surface area (Å²) in [5, 5.41) is 11.8. The van der Waals surface area contributed by atoms with E-state index in [0.717, 1.165) is 0 Å². The first-order valence-electron chi connectivity index (χ1n) is 4.15. The summed E-state index contributed by atoms with van der Waals surface area (Å²) in [7, 11) is 0. The van der Waals surface area contributed by atoms with Gasteiger partial charge >= 0.3 is 5.97 Å². The highest BCUT2D eigenvalue weighted by atomic mass is 16.6. The fourth-order valence-electron chi connectivity index (χ4n) is 1.41. The molecule has 1 saturated heterocycles. The van der Waals surface area contributed by atoms with Crippen molar-refractivity contribution in [3.05, 3.63) is 0 Å². The Morgan fingerprint density at radius 2 is 2.38 bits per heavy atom. The molecule has 0 radical (unpaired) electrons. The number of aliphatic hydroxyl groups excluding tert-OH is 1.